The van der Waals surface area contributed by atoms with Crippen molar-refractivity contribution in [1.82, 2.24) is 10.3 Å². The SMILES string of the molecule is CC(C)Sc1ncccc1C1CCCN1. The van der Waals surface area contributed by atoms with E-state index in [9.17, 15) is 0 Å². The molecule has 1 unspecified atom stereocenters. The molecule has 0 radical (unpaired) electrons. The first-order valence-electron chi connectivity index (χ1n) is 5.62. The van der Waals surface area contributed by atoms with Gasteiger partial charge in [0.2, 0.25) is 0 Å². The Morgan fingerprint density at radius 1 is 1.53 bits per heavy atom. The third-order valence-corrected chi connectivity index (χ3v) is 3.62. The first kappa shape index (κ1) is 11.0. The Kier molecular flexibility index (Phi) is 3.65. The van der Waals surface area contributed by atoms with Crippen molar-refractivity contribution in [1.29, 1.82) is 0 Å². The van der Waals surface area contributed by atoms with E-state index >= 15 is 0 Å². The molecule has 0 aromatic carbocycles. The zero-order valence-electron chi connectivity index (χ0n) is 9.36. The third-order valence-electron chi connectivity index (χ3n) is 2.58. The summed E-state index contributed by atoms with van der Waals surface area (Å²) in [6.07, 6.45) is 4.42. The molecule has 2 heterocycles. The number of pyridine rings is 1. The average molecular weight is 222 g/mol. The van der Waals surface area contributed by atoms with Gasteiger partial charge in [-0.2, -0.15) is 0 Å². The lowest BCUT2D eigenvalue weighted by atomic mass is 10.1. The van der Waals surface area contributed by atoms with Crippen molar-refractivity contribution < 1.29 is 0 Å². The minimum atomic E-state index is 0.528. The highest BCUT2D eigenvalue weighted by molar-refractivity contribution is 7.99. The molecule has 1 aliphatic rings. The molecule has 1 aliphatic heterocycles. The summed E-state index contributed by atoms with van der Waals surface area (Å²) in [5, 5.41) is 5.33. The van der Waals surface area contributed by atoms with E-state index in [4.69, 9.17) is 0 Å². The second-order valence-electron chi connectivity index (χ2n) is 4.21. The number of aromatic nitrogens is 1. The van der Waals surface area contributed by atoms with Crippen LogP contribution in [0.4, 0.5) is 0 Å². The molecule has 1 atom stereocenters. The molecular weight excluding hydrogens is 204 g/mol. The largest absolute Gasteiger partial charge is 0.310 e. The molecule has 2 rings (SSSR count). The van der Waals surface area contributed by atoms with Crippen LogP contribution in [0.5, 0.6) is 0 Å². The Balaban J connectivity index is 2.20. The van der Waals surface area contributed by atoms with E-state index in [1.165, 1.54) is 23.4 Å². The Morgan fingerprint density at radius 3 is 3.07 bits per heavy atom. The lowest BCUT2D eigenvalue weighted by Crippen LogP contribution is -2.14. The van der Waals surface area contributed by atoms with Crippen LogP contribution in [-0.4, -0.2) is 16.8 Å². The molecule has 0 aliphatic carbocycles. The van der Waals surface area contributed by atoms with Gasteiger partial charge >= 0.3 is 0 Å². The summed E-state index contributed by atoms with van der Waals surface area (Å²) >= 11 is 1.86. The normalized spacial score (nSPS) is 21.1. The summed E-state index contributed by atoms with van der Waals surface area (Å²) in [6, 6.07) is 4.78. The summed E-state index contributed by atoms with van der Waals surface area (Å²) in [6.45, 7) is 5.57. The molecule has 1 N–H and O–H groups in total. The van der Waals surface area contributed by atoms with Crippen molar-refractivity contribution in [2.45, 2.75) is 43.0 Å². The van der Waals surface area contributed by atoms with Crippen molar-refractivity contribution in [3.8, 4) is 0 Å². The van der Waals surface area contributed by atoms with Crippen LogP contribution in [-0.2, 0) is 0 Å². The summed E-state index contributed by atoms with van der Waals surface area (Å²) in [7, 11) is 0. The highest BCUT2D eigenvalue weighted by Gasteiger charge is 2.20. The van der Waals surface area contributed by atoms with Gasteiger partial charge in [-0.15, -0.1) is 11.8 Å². The van der Waals surface area contributed by atoms with Crippen molar-refractivity contribution in [2.24, 2.45) is 0 Å². The number of hydrogen-bond donors (Lipinski definition) is 1. The Bertz CT molecular complexity index is 319. The molecular formula is C12H18N2S. The average Bonchev–Trinajstić information content (AvgIpc) is 2.70. The van der Waals surface area contributed by atoms with Crippen LogP contribution in [0.3, 0.4) is 0 Å². The molecule has 3 heteroatoms. The Hall–Kier alpha value is -0.540. The van der Waals surface area contributed by atoms with Gasteiger partial charge in [0.1, 0.15) is 5.03 Å². The summed E-state index contributed by atoms with van der Waals surface area (Å²) in [5.41, 5.74) is 1.38. The van der Waals surface area contributed by atoms with Crippen LogP contribution >= 0.6 is 11.8 Å². The van der Waals surface area contributed by atoms with Crippen LogP contribution in [0.2, 0.25) is 0 Å². The van der Waals surface area contributed by atoms with E-state index in [0.717, 1.165) is 6.54 Å². The molecule has 1 aromatic heterocycles. The maximum absolute atomic E-state index is 4.49. The Labute approximate surface area is 95.9 Å². The van der Waals surface area contributed by atoms with Gasteiger partial charge in [-0.1, -0.05) is 19.9 Å². The van der Waals surface area contributed by atoms with Crippen molar-refractivity contribution in [2.75, 3.05) is 6.54 Å². The van der Waals surface area contributed by atoms with Crippen LogP contribution < -0.4 is 5.32 Å². The smallest absolute Gasteiger partial charge is 0.101 e. The minimum Gasteiger partial charge on any atom is -0.310 e. The summed E-state index contributed by atoms with van der Waals surface area (Å²) in [4.78, 5) is 4.49. The predicted molar refractivity (Wildman–Crippen MR) is 65.2 cm³/mol. The lowest BCUT2D eigenvalue weighted by molar-refractivity contribution is 0.629. The van der Waals surface area contributed by atoms with E-state index in [-0.39, 0.29) is 0 Å². The maximum atomic E-state index is 4.49. The highest BCUT2D eigenvalue weighted by atomic mass is 32.2. The third kappa shape index (κ3) is 2.73. The fourth-order valence-corrected chi connectivity index (χ4v) is 2.85. The van der Waals surface area contributed by atoms with Crippen molar-refractivity contribution in [3.05, 3.63) is 23.9 Å². The van der Waals surface area contributed by atoms with Crippen LogP contribution in [0.25, 0.3) is 0 Å². The van der Waals surface area contributed by atoms with Gasteiger partial charge < -0.3 is 5.32 Å². The second-order valence-corrected chi connectivity index (χ2v) is 5.78. The maximum Gasteiger partial charge on any atom is 0.101 e. The fraction of sp³-hybridized carbons (Fsp3) is 0.583. The van der Waals surface area contributed by atoms with Gasteiger partial charge in [0, 0.05) is 23.1 Å². The molecule has 1 saturated heterocycles. The van der Waals surface area contributed by atoms with Gasteiger partial charge in [0.15, 0.2) is 0 Å². The first-order valence-corrected chi connectivity index (χ1v) is 6.50. The predicted octanol–water partition coefficient (Wildman–Crippen LogP) is 3.01. The van der Waals surface area contributed by atoms with Gasteiger partial charge in [-0.3, -0.25) is 0 Å². The van der Waals surface area contributed by atoms with E-state index in [1.807, 2.05) is 24.0 Å². The van der Waals surface area contributed by atoms with Gasteiger partial charge in [0.05, 0.1) is 0 Å². The molecule has 1 aromatic rings. The summed E-state index contributed by atoms with van der Waals surface area (Å²) < 4.78 is 0. The van der Waals surface area contributed by atoms with E-state index in [1.54, 1.807) is 0 Å². The quantitative estimate of drug-likeness (QED) is 0.796. The second kappa shape index (κ2) is 4.99. The van der Waals surface area contributed by atoms with E-state index in [2.05, 4.69) is 30.2 Å². The first-order chi connectivity index (χ1) is 7.27. The molecule has 15 heavy (non-hydrogen) atoms. The Morgan fingerprint density at radius 2 is 2.40 bits per heavy atom. The van der Waals surface area contributed by atoms with Crippen molar-refractivity contribution in [3.63, 3.8) is 0 Å². The minimum absolute atomic E-state index is 0.528. The number of thioether (sulfide) groups is 1. The van der Waals surface area contributed by atoms with Crippen molar-refractivity contribution >= 4 is 11.8 Å². The molecule has 0 spiro atoms. The number of nitrogens with zero attached hydrogens (tertiary/aromatic N) is 1. The monoisotopic (exact) mass is 222 g/mol. The zero-order chi connectivity index (χ0) is 10.7. The van der Waals surface area contributed by atoms with Gasteiger partial charge in [-0.25, -0.2) is 4.98 Å². The molecule has 1 fully saturated rings. The standard InChI is InChI=1S/C12H18N2S/c1-9(2)15-12-10(5-3-8-14-12)11-6-4-7-13-11/h3,5,8-9,11,13H,4,6-7H2,1-2H3. The van der Waals surface area contributed by atoms with E-state index < -0.39 is 0 Å². The zero-order valence-corrected chi connectivity index (χ0v) is 10.2. The molecule has 0 bridgehead atoms. The fourth-order valence-electron chi connectivity index (χ4n) is 1.94. The van der Waals surface area contributed by atoms with Crippen LogP contribution in [0.1, 0.15) is 38.3 Å². The highest BCUT2D eigenvalue weighted by Crippen LogP contribution is 2.31. The molecule has 0 saturated carbocycles. The van der Waals surface area contributed by atoms with Gasteiger partial charge in [-0.05, 0) is 25.5 Å². The summed E-state index contributed by atoms with van der Waals surface area (Å²) in [5.74, 6) is 0. The number of nitrogens with one attached hydrogen (secondary N) is 1. The van der Waals surface area contributed by atoms with Crippen LogP contribution in [0, 0.1) is 0 Å². The van der Waals surface area contributed by atoms with Gasteiger partial charge in [0.25, 0.3) is 0 Å². The number of rotatable bonds is 3. The molecule has 0 amide bonds. The van der Waals surface area contributed by atoms with E-state index in [0.29, 0.717) is 11.3 Å². The molecule has 82 valence electrons. The lowest BCUT2D eigenvalue weighted by Gasteiger charge is -2.15. The number of hydrogen-bond acceptors (Lipinski definition) is 3. The van der Waals surface area contributed by atoms with Crippen LogP contribution in [0.15, 0.2) is 23.4 Å². The topological polar surface area (TPSA) is 24.9 Å². The molecule has 2 nitrogen and oxygen atoms in total.